The molecule has 0 aromatic carbocycles. The van der Waals surface area contributed by atoms with Crippen LogP contribution >= 0.6 is 39.0 Å². The highest BCUT2D eigenvalue weighted by atomic mass is 79.9. The molecule has 1 fully saturated rings. The van der Waals surface area contributed by atoms with E-state index in [1.165, 1.54) is 28.6 Å². The molecule has 0 spiro atoms. The molecule has 2 atom stereocenters. The van der Waals surface area contributed by atoms with Crippen molar-refractivity contribution in [3.63, 3.8) is 0 Å². The van der Waals surface area contributed by atoms with E-state index in [2.05, 4.69) is 50.7 Å². The quantitative estimate of drug-likeness (QED) is 0.900. The van der Waals surface area contributed by atoms with Gasteiger partial charge in [0.2, 0.25) is 0 Å². The smallest absolute Gasteiger partial charge is 0.0460 e. The molecule has 2 rings (SSSR count). The van der Waals surface area contributed by atoms with Gasteiger partial charge in [-0.2, -0.15) is 23.1 Å². The Kier molecular flexibility index (Phi) is 4.55. The number of hydrogen-bond acceptors (Lipinski definition) is 3. The van der Waals surface area contributed by atoms with Crippen molar-refractivity contribution in [1.82, 2.24) is 5.32 Å². The molecule has 1 aromatic heterocycles. The lowest BCUT2D eigenvalue weighted by Gasteiger charge is -2.23. The molecule has 84 valence electrons. The summed E-state index contributed by atoms with van der Waals surface area (Å²) < 4.78 is 1.27. The number of rotatable bonds is 4. The van der Waals surface area contributed by atoms with Crippen LogP contribution in [0.5, 0.6) is 0 Å². The topological polar surface area (TPSA) is 12.0 Å². The van der Waals surface area contributed by atoms with Crippen LogP contribution in [0.4, 0.5) is 0 Å². The molecule has 1 N–H and O–H groups in total. The van der Waals surface area contributed by atoms with Gasteiger partial charge in [0.25, 0.3) is 0 Å². The van der Waals surface area contributed by atoms with Crippen molar-refractivity contribution in [1.29, 1.82) is 0 Å². The van der Waals surface area contributed by atoms with Crippen LogP contribution in [0.15, 0.2) is 15.2 Å². The third-order valence-corrected chi connectivity index (χ3v) is 5.95. The van der Waals surface area contributed by atoms with E-state index in [0.29, 0.717) is 6.04 Å². The predicted molar refractivity (Wildman–Crippen MR) is 73.9 cm³/mol. The summed E-state index contributed by atoms with van der Waals surface area (Å²) in [5.74, 6) is 1.33. The van der Waals surface area contributed by atoms with E-state index in [9.17, 15) is 0 Å². The summed E-state index contributed by atoms with van der Waals surface area (Å²) in [4.78, 5) is 0. The lowest BCUT2D eigenvalue weighted by atomic mass is 10.0. The summed E-state index contributed by atoms with van der Waals surface area (Å²) in [6, 6.07) is 0.531. The minimum Gasteiger partial charge on any atom is -0.309 e. The Morgan fingerprint density at radius 2 is 2.47 bits per heavy atom. The molecule has 0 saturated carbocycles. The number of hydrogen-bond donors (Lipinski definition) is 1. The van der Waals surface area contributed by atoms with Gasteiger partial charge in [0, 0.05) is 21.1 Å². The van der Waals surface area contributed by atoms with Crippen molar-refractivity contribution in [2.45, 2.75) is 31.1 Å². The van der Waals surface area contributed by atoms with Gasteiger partial charge in [-0.1, -0.05) is 6.92 Å². The van der Waals surface area contributed by atoms with Crippen LogP contribution in [0.1, 0.15) is 31.4 Å². The predicted octanol–water partition coefficient (Wildman–Crippen LogP) is 4.06. The lowest BCUT2D eigenvalue weighted by molar-refractivity contribution is 0.519. The van der Waals surface area contributed by atoms with E-state index >= 15 is 0 Å². The zero-order valence-electron chi connectivity index (χ0n) is 8.83. The van der Waals surface area contributed by atoms with Crippen LogP contribution in [0.3, 0.4) is 0 Å². The Hall–Kier alpha value is 0.490. The number of thiophene rings is 1. The number of nitrogens with one attached hydrogen (secondary N) is 1. The molecule has 1 aromatic rings. The number of thioether (sulfide) groups is 1. The first-order chi connectivity index (χ1) is 7.33. The van der Waals surface area contributed by atoms with Gasteiger partial charge in [-0.25, -0.2) is 0 Å². The highest BCUT2D eigenvalue weighted by Gasteiger charge is 2.27. The van der Waals surface area contributed by atoms with Crippen LogP contribution < -0.4 is 5.32 Å². The van der Waals surface area contributed by atoms with E-state index in [1.54, 1.807) is 11.3 Å². The molecule has 0 aliphatic carbocycles. The third kappa shape index (κ3) is 2.78. The minimum absolute atomic E-state index is 0.531. The zero-order valence-corrected chi connectivity index (χ0v) is 12.1. The zero-order chi connectivity index (χ0) is 10.7. The fourth-order valence-electron chi connectivity index (χ4n) is 2.04. The lowest BCUT2D eigenvalue weighted by Crippen LogP contribution is -2.28. The first-order valence-corrected chi connectivity index (χ1v) is 8.18. The van der Waals surface area contributed by atoms with Crippen LogP contribution in [0.25, 0.3) is 0 Å². The van der Waals surface area contributed by atoms with Crippen molar-refractivity contribution in [2.75, 3.05) is 12.3 Å². The normalized spacial score (nSPS) is 23.2. The maximum absolute atomic E-state index is 3.65. The van der Waals surface area contributed by atoms with E-state index < -0.39 is 0 Å². The highest BCUT2D eigenvalue weighted by Crippen LogP contribution is 2.39. The SMILES string of the molecule is CCNC(c1cscc1Br)C1CCCS1. The Labute approximate surface area is 108 Å². The summed E-state index contributed by atoms with van der Waals surface area (Å²) in [7, 11) is 0. The molecule has 2 unspecified atom stereocenters. The highest BCUT2D eigenvalue weighted by molar-refractivity contribution is 9.10. The summed E-state index contributed by atoms with van der Waals surface area (Å²) in [6.45, 7) is 3.23. The first-order valence-electron chi connectivity index (χ1n) is 5.39. The van der Waals surface area contributed by atoms with E-state index in [0.717, 1.165) is 11.8 Å². The van der Waals surface area contributed by atoms with Gasteiger partial charge in [-0.05, 0) is 52.0 Å². The van der Waals surface area contributed by atoms with Crippen LogP contribution in [-0.4, -0.2) is 17.5 Å². The van der Waals surface area contributed by atoms with Crippen molar-refractivity contribution in [2.24, 2.45) is 0 Å². The molecule has 1 aliphatic heterocycles. The summed E-state index contributed by atoms with van der Waals surface area (Å²) in [5, 5.41) is 8.84. The van der Waals surface area contributed by atoms with Gasteiger partial charge in [0.05, 0.1) is 0 Å². The first kappa shape index (κ1) is 12.0. The maximum atomic E-state index is 3.65. The Balaban J connectivity index is 2.15. The van der Waals surface area contributed by atoms with Gasteiger partial charge >= 0.3 is 0 Å². The fraction of sp³-hybridized carbons (Fsp3) is 0.636. The van der Waals surface area contributed by atoms with Gasteiger partial charge in [-0.3, -0.25) is 0 Å². The largest absolute Gasteiger partial charge is 0.309 e. The molecular weight excluding hydrogens is 290 g/mol. The molecule has 0 amide bonds. The average molecular weight is 306 g/mol. The van der Waals surface area contributed by atoms with Crippen LogP contribution in [0, 0.1) is 0 Å². The Morgan fingerprint density at radius 1 is 1.60 bits per heavy atom. The molecule has 2 heterocycles. The number of halogens is 1. The third-order valence-electron chi connectivity index (χ3n) is 2.74. The second kappa shape index (κ2) is 5.71. The van der Waals surface area contributed by atoms with E-state index in [1.807, 2.05) is 0 Å². The second-order valence-electron chi connectivity index (χ2n) is 3.76. The minimum atomic E-state index is 0.531. The average Bonchev–Trinajstić information content (AvgIpc) is 2.85. The summed E-state index contributed by atoms with van der Waals surface area (Å²) in [6.07, 6.45) is 2.73. The molecule has 4 heteroatoms. The van der Waals surface area contributed by atoms with Crippen LogP contribution in [0.2, 0.25) is 0 Å². The monoisotopic (exact) mass is 305 g/mol. The van der Waals surface area contributed by atoms with Gasteiger partial charge in [-0.15, -0.1) is 0 Å². The van der Waals surface area contributed by atoms with Crippen molar-refractivity contribution in [3.8, 4) is 0 Å². The van der Waals surface area contributed by atoms with E-state index in [-0.39, 0.29) is 0 Å². The molecule has 0 radical (unpaired) electrons. The second-order valence-corrected chi connectivity index (χ2v) is 6.71. The standard InChI is InChI=1S/C11H16BrNS2/c1-2-13-11(10-4-3-5-15-10)8-6-14-7-9(8)12/h6-7,10-11,13H,2-5H2,1H3. The van der Waals surface area contributed by atoms with Gasteiger partial charge in [0.15, 0.2) is 0 Å². The summed E-state index contributed by atoms with van der Waals surface area (Å²) in [5.41, 5.74) is 1.45. The van der Waals surface area contributed by atoms with Crippen molar-refractivity contribution < 1.29 is 0 Å². The van der Waals surface area contributed by atoms with Crippen LogP contribution in [-0.2, 0) is 0 Å². The Bertz CT molecular complexity index is 307. The molecule has 1 nitrogen and oxygen atoms in total. The van der Waals surface area contributed by atoms with Gasteiger partial charge in [0.1, 0.15) is 0 Å². The Morgan fingerprint density at radius 3 is 3.00 bits per heavy atom. The van der Waals surface area contributed by atoms with Crippen molar-refractivity contribution in [3.05, 3.63) is 20.8 Å². The van der Waals surface area contributed by atoms with Crippen molar-refractivity contribution >= 4 is 39.0 Å². The van der Waals surface area contributed by atoms with E-state index in [4.69, 9.17) is 0 Å². The molecule has 0 bridgehead atoms. The fourth-order valence-corrected chi connectivity index (χ4v) is 5.03. The molecule has 15 heavy (non-hydrogen) atoms. The molecule has 1 saturated heterocycles. The van der Waals surface area contributed by atoms with Gasteiger partial charge < -0.3 is 5.32 Å². The molecule has 1 aliphatic rings. The maximum Gasteiger partial charge on any atom is 0.0460 e. The summed E-state index contributed by atoms with van der Waals surface area (Å²) >= 11 is 7.55. The molecular formula is C11H16BrNS2.